The Labute approximate surface area is 104 Å². The number of aromatic nitrogens is 1. The first-order chi connectivity index (χ1) is 8.16. The molecule has 0 atom stereocenters. The molecule has 0 aliphatic carbocycles. The van der Waals surface area contributed by atoms with E-state index in [0.717, 1.165) is 11.1 Å². The first-order valence-electron chi connectivity index (χ1n) is 5.25. The van der Waals surface area contributed by atoms with Crippen LogP contribution in [0, 0.1) is 12.7 Å². The molecule has 4 heteroatoms. The van der Waals surface area contributed by atoms with E-state index in [4.69, 9.17) is 11.6 Å². The highest BCUT2D eigenvalue weighted by atomic mass is 35.5. The van der Waals surface area contributed by atoms with Gasteiger partial charge in [0, 0.05) is 24.0 Å². The van der Waals surface area contributed by atoms with Crippen molar-refractivity contribution in [3.63, 3.8) is 0 Å². The van der Waals surface area contributed by atoms with Crippen LogP contribution in [-0.4, -0.2) is 4.98 Å². The van der Waals surface area contributed by atoms with Crippen molar-refractivity contribution < 1.29 is 4.39 Å². The van der Waals surface area contributed by atoms with Gasteiger partial charge in [-0.15, -0.1) is 0 Å². The fourth-order valence-corrected chi connectivity index (χ4v) is 1.68. The number of nitrogens with one attached hydrogen (secondary N) is 1. The highest BCUT2D eigenvalue weighted by Gasteiger charge is 2.03. The molecular weight excluding hydrogens is 239 g/mol. The van der Waals surface area contributed by atoms with Crippen molar-refractivity contribution in [2.24, 2.45) is 0 Å². The molecule has 1 aromatic heterocycles. The van der Waals surface area contributed by atoms with E-state index in [2.05, 4.69) is 10.3 Å². The van der Waals surface area contributed by atoms with Crippen LogP contribution in [0.25, 0.3) is 0 Å². The summed E-state index contributed by atoms with van der Waals surface area (Å²) in [6, 6.07) is 6.37. The summed E-state index contributed by atoms with van der Waals surface area (Å²) in [5, 5.41) is 3.52. The lowest BCUT2D eigenvalue weighted by Crippen LogP contribution is -2.03. The molecule has 88 valence electrons. The number of aryl methyl sites for hydroxylation is 1. The van der Waals surface area contributed by atoms with Gasteiger partial charge in [-0.05, 0) is 42.3 Å². The topological polar surface area (TPSA) is 24.9 Å². The van der Waals surface area contributed by atoms with Crippen molar-refractivity contribution in [2.45, 2.75) is 13.5 Å². The van der Waals surface area contributed by atoms with Crippen molar-refractivity contribution >= 4 is 17.3 Å². The smallest absolute Gasteiger partial charge is 0.146 e. The summed E-state index contributed by atoms with van der Waals surface area (Å²) in [5.41, 5.74) is 2.56. The number of anilines is 1. The molecule has 1 aromatic carbocycles. The first-order valence-corrected chi connectivity index (χ1v) is 5.63. The van der Waals surface area contributed by atoms with E-state index in [1.165, 1.54) is 12.1 Å². The van der Waals surface area contributed by atoms with Crippen molar-refractivity contribution in [2.75, 3.05) is 5.32 Å². The minimum Gasteiger partial charge on any atom is -0.378 e. The second kappa shape index (κ2) is 5.15. The highest BCUT2D eigenvalue weighted by Crippen LogP contribution is 2.20. The van der Waals surface area contributed by atoms with E-state index in [9.17, 15) is 4.39 Å². The predicted octanol–water partition coefficient (Wildman–Crippen LogP) is 3.79. The zero-order valence-corrected chi connectivity index (χ0v) is 10.1. The molecule has 0 aliphatic rings. The quantitative estimate of drug-likeness (QED) is 0.896. The Balaban J connectivity index is 2.12. The molecule has 1 N–H and O–H groups in total. The van der Waals surface area contributed by atoms with Gasteiger partial charge in [0.05, 0.1) is 5.69 Å². The Kier molecular flexibility index (Phi) is 3.59. The third-order valence-electron chi connectivity index (χ3n) is 2.55. The molecule has 2 aromatic rings. The monoisotopic (exact) mass is 250 g/mol. The molecule has 0 radical (unpaired) electrons. The molecule has 17 heavy (non-hydrogen) atoms. The lowest BCUT2D eigenvalue weighted by Gasteiger charge is -2.09. The van der Waals surface area contributed by atoms with Gasteiger partial charge in [-0.2, -0.15) is 0 Å². The zero-order chi connectivity index (χ0) is 12.3. The first kappa shape index (κ1) is 11.9. The molecule has 0 aliphatic heterocycles. The fraction of sp³-hybridized carbons (Fsp3) is 0.154. The number of halogens is 2. The third kappa shape index (κ3) is 2.94. The highest BCUT2D eigenvalue weighted by molar-refractivity contribution is 6.30. The molecule has 1 heterocycles. The van der Waals surface area contributed by atoms with E-state index >= 15 is 0 Å². The molecule has 2 nitrogen and oxygen atoms in total. The number of benzene rings is 1. The zero-order valence-electron chi connectivity index (χ0n) is 9.37. The average molecular weight is 251 g/mol. The van der Waals surface area contributed by atoms with Crippen LogP contribution in [-0.2, 0) is 6.54 Å². The molecule has 0 amide bonds. The normalized spacial score (nSPS) is 10.3. The van der Waals surface area contributed by atoms with E-state index in [1.807, 2.05) is 13.0 Å². The maximum absolute atomic E-state index is 13.4. The van der Waals surface area contributed by atoms with Crippen molar-refractivity contribution in [1.82, 2.24) is 4.98 Å². The van der Waals surface area contributed by atoms with Gasteiger partial charge < -0.3 is 5.32 Å². The van der Waals surface area contributed by atoms with Crippen LogP contribution in [0.1, 0.15) is 11.1 Å². The Hall–Kier alpha value is -1.61. The lowest BCUT2D eigenvalue weighted by molar-refractivity contribution is 0.630. The summed E-state index contributed by atoms with van der Waals surface area (Å²) in [4.78, 5) is 4.04. The molecule has 0 unspecified atom stereocenters. The SMILES string of the molecule is Cc1ccncc1CNc1cc(Cl)ccc1F. The van der Waals surface area contributed by atoms with Gasteiger partial charge in [-0.3, -0.25) is 4.98 Å². The largest absolute Gasteiger partial charge is 0.378 e. The van der Waals surface area contributed by atoms with Gasteiger partial charge in [0.2, 0.25) is 0 Å². The Morgan fingerprint density at radius 1 is 1.35 bits per heavy atom. The molecule has 0 saturated carbocycles. The second-order valence-corrected chi connectivity index (χ2v) is 4.22. The van der Waals surface area contributed by atoms with Crippen molar-refractivity contribution in [1.29, 1.82) is 0 Å². The molecule has 0 spiro atoms. The minimum atomic E-state index is -0.309. The third-order valence-corrected chi connectivity index (χ3v) is 2.78. The number of pyridine rings is 1. The molecule has 0 fully saturated rings. The van der Waals surface area contributed by atoms with E-state index in [1.54, 1.807) is 18.5 Å². The minimum absolute atomic E-state index is 0.309. The maximum atomic E-state index is 13.4. The fourth-order valence-electron chi connectivity index (χ4n) is 1.51. The van der Waals surface area contributed by atoms with Gasteiger partial charge in [-0.25, -0.2) is 4.39 Å². The van der Waals surface area contributed by atoms with Gasteiger partial charge in [0.1, 0.15) is 5.82 Å². The number of nitrogens with zero attached hydrogens (tertiary/aromatic N) is 1. The van der Waals surface area contributed by atoms with Crippen molar-refractivity contribution in [3.05, 3.63) is 58.6 Å². The van der Waals surface area contributed by atoms with Gasteiger partial charge in [-0.1, -0.05) is 11.6 Å². The summed E-state index contributed by atoms with van der Waals surface area (Å²) < 4.78 is 13.4. The van der Waals surface area contributed by atoms with Crippen LogP contribution < -0.4 is 5.32 Å². The molecule has 2 rings (SSSR count). The summed E-state index contributed by atoms with van der Waals surface area (Å²) in [7, 11) is 0. The molecular formula is C13H12ClFN2. The lowest BCUT2D eigenvalue weighted by atomic mass is 10.1. The van der Waals surface area contributed by atoms with Gasteiger partial charge >= 0.3 is 0 Å². The summed E-state index contributed by atoms with van der Waals surface area (Å²) in [6.45, 7) is 2.52. The Morgan fingerprint density at radius 2 is 2.18 bits per heavy atom. The van der Waals surface area contributed by atoms with E-state index in [0.29, 0.717) is 17.3 Å². The second-order valence-electron chi connectivity index (χ2n) is 3.78. The summed E-state index contributed by atoms with van der Waals surface area (Å²) in [5.74, 6) is -0.309. The van der Waals surface area contributed by atoms with Crippen LogP contribution in [0.15, 0.2) is 36.7 Å². The maximum Gasteiger partial charge on any atom is 0.146 e. The standard InChI is InChI=1S/C13H12ClFN2/c1-9-4-5-16-7-10(9)8-17-13-6-11(14)2-3-12(13)15/h2-7,17H,8H2,1H3. The van der Waals surface area contributed by atoms with Crippen molar-refractivity contribution in [3.8, 4) is 0 Å². The van der Waals surface area contributed by atoms with Crippen LogP contribution in [0.3, 0.4) is 0 Å². The van der Waals surface area contributed by atoms with Crippen LogP contribution in [0.2, 0.25) is 5.02 Å². The van der Waals surface area contributed by atoms with Gasteiger partial charge in [0.15, 0.2) is 0 Å². The van der Waals surface area contributed by atoms with Crippen LogP contribution in [0.5, 0.6) is 0 Å². The Bertz CT molecular complexity index is 529. The number of hydrogen-bond acceptors (Lipinski definition) is 2. The Morgan fingerprint density at radius 3 is 2.94 bits per heavy atom. The molecule has 0 saturated heterocycles. The summed E-state index contributed by atoms with van der Waals surface area (Å²) >= 11 is 5.81. The summed E-state index contributed by atoms with van der Waals surface area (Å²) in [6.07, 6.45) is 3.50. The van der Waals surface area contributed by atoms with Crippen LogP contribution in [0.4, 0.5) is 10.1 Å². The number of hydrogen-bond donors (Lipinski definition) is 1. The average Bonchev–Trinajstić information content (AvgIpc) is 2.32. The predicted molar refractivity (Wildman–Crippen MR) is 67.7 cm³/mol. The van der Waals surface area contributed by atoms with E-state index in [-0.39, 0.29) is 5.82 Å². The number of rotatable bonds is 3. The van der Waals surface area contributed by atoms with Crippen LogP contribution >= 0.6 is 11.6 Å². The van der Waals surface area contributed by atoms with E-state index < -0.39 is 0 Å². The van der Waals surface area contributed by atoms with Gasteiger partial charge in [0.25, 0.3) is 0 Å². The molecule has 0 bridgehead atoms.